The highest BCUT2D eigenvalue weighted by molar-refractivity contribution is 6.30. The number of nitrogens with one attached hydrogen (secondary N) is 1. The highest BCUT2D eigenvalue weighted by atomic mass is 35.5. The number of aromatic nitrogens is 2. The fraction of sp³-hybridized carbons (Fsp3) is 0.176. The molecule has 6 heteroatoms. The van der Waals surface area contributed by atoms with Gasteiger partial charge in [-0.2, -0.15) is 0 Å². The minimum Gasteiger partial charge on any atom is -0.494 e. The molecule has 1 amide bonds. The van der Waals surface area contributed by atoms with E-state index < -0.39 is 0 Å². The summed E-state index contributed by atoms with van der Waals surface area (Å²) in [5, 5.41) is 3.49. The first kappa shape index (κ1) is 15.4. The first-order valence-electron chi connectivity index (χ1n) is 7.30. The van der Waals surface area contributed by atoms with Gasteiger partial charge in [0.25, 0.3) is 5.91 Å². The fourth-order valence-corrected chi connectivity index (χ4v) is 2.41. The topological polar surface area (TPSA) is 55.6 Å². The summed E-state index contributed by atoms with van der Waals surface area (Å²) in [7, 11) is 0. The molecule has 0 saturated carbocycles. The largest absolute Gasteiger partial charge is 0.494 e. The summed E-state index contributed by atoms with van der Waals surface area (Å²) in [6, 6.07) is 10.7. The maximum atomic E-state index is 12.1. The number of fused-ring (bicyclic) bond motifs is 1. The van der Waals surface area contributed by atoms with Crippen LogP contribution in [-0.2, 0) is 6.54 Å². The number of hydrogen-bond donors (Lipinski definition) is 1. The number of ether oxygens (including phenoxy) is 1. The lowest BCUT2D eigenvalue weighted by Crippen LogP contribution is -2.22. The molecule has 0 spiro atoms. The summed E-state index contributed by atoms with van der Waals surface area (Å²) in [5.74, 6) is 0.601. The van der Waals surface area contributed by atoms with Crippen molar-refractivity contribution in [2.75, 3.05) is 6.61 Å². The molecule has 118 valence electrons. The molecule has 0 aliphatic heterocycles. The number of rotatable bonds is 5. The third-order valence-electron chi connectivity index (χ3n) is 3.32. The second kappa shape index (κ2) is 6.71. The number of hydrogen-bond acceptors (Lipinski definition) is 3. The highest BCUT2D eigenvalue weighted by Gasteiger charge is 2.07. The van der Waals surface area contributed by atoms with Gasteiger partial charge in [0.1, 0.15) is 11.4 Å². The first-order chi connectivity index (χ1) is 11.2. The van der Waals surface area contributed by atoms with Crippen LogP contribution in [0.2, 0.25) is 5.02 Å². The van der Waals surface area contributed by atoms with Crippen molar-refractivity contribution in [2.45, 2.75) is 13.5 Å². The predicted octanol–water partition coefficient (Wildman–Crippen LogP) is 3.32. The van der Waals surface area contributed by atoms with Gasteiger partial charge in [-0.1, -0.05) is 11.6 Å². The van der Waals surface area contributed by atoms with E-state index in [4.69, 9.17) is 16.3 Å². The number of pyridine rings is 1. The Labute approximate surface area is 138 Å². The lowest BCUT2D eigenvalue weighted by molar-refractivity contribution is 0.0950. The Kier molecular flexibility index (Phi) is 4.48. The Morgan fingerprint density at radius 1 is 1.22 bits per heavy atom. The average molecular weight is 330 g/mol. The number of amides is 1. The fourth-order valence-electron chi connectivity index (χ4n) is 2.24. The summed E-state index contributed by atoms with van der Waals surface area (Å²) in [5.41, 5.74) is 2.14. The van der Waals surface area contributed by atoms with Crippen LogP contribution in [0.1, 0.15) is 23.0 Å². The molecule has 0 unspecified atom stereocenters. The van der Waals surface area contributed by atoms with E-state index in [1.54, 1.807) is 36.5 Å². The van der Waals surface area contributed by atoms with Crippen LogP contribution in [0, 0.1) is 0 Å². The number of benzene rings is 1. The average Bonchev–Trinajstić information content (AvgIpc) is 2.95. The van der Waals surface area contributed by atoms with Crippen molar-refractivity contribution in [2.24, 2.45) is 0 Å². The van der Waals surface area contributed by atoms with Crippen LogP contribution in [0.25, 0.3) is 5.65 Å². The van der Waals surface area contributed by atoms with Crippen molar-refractivity contribution < 1.29 is 9.53 Å². The highest BCUT2D eigenvalue weighted by Crippen LogP contribution is 2.13. The lowest BCUT2D eigenvalue weighted by atomic mass is 10.2. The zero-order chi connectivity index (χ0) is 16.2. The van der Waals surface area contributed by atoms with Gasteiger partial charge in [-0.3, -0.25) is 4.79 Å². The number of imidazole rings is 1. The Bertz CT molecular complexity index is 827. The van der Waals surface area contributed by atoms with Crippen molar-refractivity contribution in [1.29, 1.82) is 0 Å². The Balaban J connectivity index is 1.65. The zero-order valence-corrected chi connectivity index (χ0v) is 13.4. The molecule has 0 aliphatic rings. The van der Waals surface area contributed by atoms with Crippen LogP contribution < -0.4 is 10.1 Å². The molecule has 3 rings (SSSR count). The second-order valence-electron chi connectivity index (χ2n) is 4.99. The summed E-state index contributed by atoms with van der Waals surface area (Å²) in [6.45, 7) is 2.87. The van der Waals surface area contributed by atoms with Gasteiger partial charge in [0.15, 0.2) is 0 Å². The molecule has 3 aromatic rings. The minimum absolute atomic E-state index is 0.150. The molecule has 1 N–H and O–H groups in total. The Morgan fingerprint density at radius 2 is 2.00 bits per heavy atom. The van der Waals surface area contributed by atoms with E-state index in [1.165, 1.54) is 0 Å². The molecular weight excluding hydrogens is 314 g/mol. The van der Waals surface area contributed by atoms with Gasteiger partial charge in [-0.15, -0.1) is 0 Å². The van der Waals surface area contributed by atoms with Crippen LogP contribution in [0.5, 0.6) is 5.75 Å². The summed E-state index contributed by atoms with van der Waals surface area (Å²) >= 11 is 5.94. The van der Waals surface area contributed by atoms with Crippen molar-refractivity contribution in [3.63, 3.8) is 0 Å². The van der Waals surface area contributed by atoms with Gasteiger partial charge in [-0.05, 0) is 43.3 Å². The Morgan fingerprint density at radius 3 is 2.74 bits per heavy atom. The summed E-state index contributed by atoms with van der Waals surface area (Å²) in [6.07, 6.45) is 3.63. The number of nitrogens with zero attached hydrogens (tertiary/aromatic N) is 2. The zero-order valence-electron chi connectivity index (χ0n) is 12.6. The van der Waals surface area contributed by atoms with Crippen LogP contribution in [0.15, 0.2) is 48.8 Å². The molecule has 0 fully saturated rings. The van der Waals surface area contributed by atoms with Gasteiger partial charge < -0.3 is 14.5 Å². The summed E-state index contributed by atoms with van der Waals surface area (Å²) in [4.78, 5) is 16.6. The number of carbonyl (C=O) groups excluding carboxylic acids is 1. The maximum Gasteiger partial charge on any atom is 0.251 e. The molecule has 0 bridgehead atoms. The van der Waals surface area contributed by atoms with Crippen molar-refractivity contribution in [3.8, 4) is 5.75 Å². The van der Waals surface area contributed by atoms with Crippen molar-refractivity contribution in [1.82, 2.24) is 14.7 Å². The van der Waals surface area contributed by atoms with Crippen LogP contribution in [0.3, 0.4) is 0 Å². The first-order valence-corrected chi connectivity index (χ1v) is 7.67. The number of halogens is 1. The van der Waals surface area contributed by atoms with Gasteiger partial charge >= 0.3 is 0 Å². The molecular formula is C17H16ClN3O2. The van der Waals surface area contributed by atoms with E-state index in [2.05, 4.69) is 10.3 Å². The molecule has 1 aromatic carbocycles. The third-order valence-corrected chi connectivity index (χ3v) is 3.55. The van der Waals surface area contributed by atoms with E-state index >= 15 is 0 Å². The van der Waals surface area contributed by atoms with E-state index in [9.17, 15) is 4.79 Å². The van der Waals surface area contributed by atoms with E-state index in [-0.39, 0.29) is 5.91 Å². The van der Waals surface area contributed by atoms with Gasteiger partial charge in [-0.25, -0.2) is 4.98 Å². The van der Waals surface area contributed by atoms with Gasteiger partial charge in [0, 0.05) is 18.0 Å². The molecule has 0 radical (unpaired) electrons. The minimum atomic E-state index is -0.150. The number of carbonyl (C=O) groups is 1. The van der Waals surface area contributed by atoms with E-state index in [1.807, 2.05) is 23.6 Å². The standard InChI is InChI=1S/C17H16ClN3O2/c1-2-23-15-6-3-12(4-7-15)17(22)19-9-14-11-21-10-13(18)5-8-16(21)20-14/h3-8,10-11H,2,9H2,1H3,(H,19,22). The van der Waals surface area contributed by atoms with E-state index in [0.29, 0.717) is 23.7 Å². The van der Waals surface area contributed by atoms with E-state index in [0.717, 1.165) is 17.1 Å². The molecule has 2 heterocycles. The smallest absolute Gasteiger partial charge is 0.251 e. The van der Waals surface area contributed by atoms with Crippen LogP contribution >= 0.6 is 11.6 Å². The lowest BCUT2D eigenvalue weighted by Gasteiger charge is -2.05. The Hall–Kier alpha value is -2.53. The maximum absolute atomic E-state index is 12.1. The SMILES string of the molecule is CCOc1ccc(C(=O)NCc2cn3cc(Cl)ccc3n2)cc1. The molecule has 0 saturated heterocycles. The second-order valence-corrected chi connectivity index (χ2v) is 5.42. The quantitative estimate of drug-likeness (QED) is 0.781. The monoisotopic (exact) mass is 329 g/mol. The third kappa shape index (κ3) is 3.63. The predicted molar refractivity (Wildman–Crippen MR) is 89.0 cm³/mol. The van der Waals surface area contributed by atoms with Gasteiger partial charge in [0.05, 0.1) is 23.9 Å². The molecule has 5 nitrogen and oxygen atoms in total. The van der Waals surface area contributed by atoms with Crippen LogP contribution in [-0.4, -0.2) is 21.9 Å². The molecule has 23 heavy (non-hydrogen) atoms. The molecule has 2 aromatic heterocycles. The van der Waals surface area contributed by atoms with Crippen molar-refractivity contribution in [3.05, 3.63) is 65.1 Å². The summed E-state index contributed by atoms with van der Waals surface area (Å²) < 4.78 is 7.19. The molecule has 0 atom stereocenters. The van der Waals surface area contributed by atoms with Gasteiger partial charge in [0.2, 0.25) is 0 Å². The normalized spacial score (nSPS) is 10.7. The van der Waals surface area contributed by atoms with Crippen LogP contribution in [0.4, 0.5) is 0 Å². The molecule has 0 aliphatic carbocycles. The van der Waals surface area contributed by atoms with Crippen molar-refractivity contribution >= 4 is 23.2 Å².